The van der Waals surface area contributed by atoms with Gasteiger partial charge in [0.05, 0.1) is 0 Å². The number of nitrogens with zero attached hydrogens (tertiary/aromatic N) is 6. The van der Waals surface area contributed by atoms with Crippen molar-refractivity contribution in [2.45, 2.75) is 0 Å². The highest BCUT2D eigenvalue weighted by atomic mass is 15.3. The Hall–Kier alpha value is -2.67. The van der Waals surface area contributed by atoms with Gasteiger partial charge in [0, 0.05) is 50.2 Å². The Morgan fingerprint density at radius 2 is 1.91 bits per heavy atom. The lowest BCUT2D eigenvalue weighted by atomic mass is 10.2. The summed E-state index contributed by atoms with van der Waals surface area (Å²) in [6, 6.07) is 9.70. The summed E-state index contributed by atoms with van der Waals surface area (Å²) in [6.07, 6.45) is 1.74. The summed E-state index contributed by atoms with van der Waals surface area (Å²) >= 11 is 0. The van der Waals surface area contributed by atoms with Gasteiger partial charge in [0.2, 0.25) is 5.82 Å². The van der Waals surface area contributed by atoms with E-state index in [0.29, 0.717) is 11.6 Å². The molecule has 1 saturated heterocycles. The molecule has 0 amide bonds. The zero-order valence-corrected chi connectivity index (χ0v) is 13.1. The molecule has 3 aromatic rings. The van der Waals surface area contributed by atoms with Gasteiger partial charge in [-0.15, -0.1) is 5.10 Å². The summed E-state index contributed by atoms with van der Waals surface area (Å²) < 4.78 is 1.67. The number of pyridine rings is 2. The van der Waals surface area contributed by atoms with E-state index < -0.39 is 0 Å². The van der Waals surface area contributed by atoms with Crippen LogP contribution >= 0.6 is 0 Å². The van der Waals surface area contributed by atoms with Gasteiger partial charge in [-0.25, -0.2) is 4.98 Å². The largest absolute Gasteiger partial charge is 0.384 e. The normalized spacial score (nSPS) is 16.1. The van der Waals surface area contributed by atoms with Crippen molar-refractivity contribution in [3.8, 4) is 11.5 Å². The Bertz CT molecular complexity index is 819. The second-order valence-electron chi connectivity index (χ2n) is 5.85. The molecule has 0 spiro atoms. The van der Waals surface area contributed by atoms with E-state index >= 15 is 0 Å². The van der Waals surface area contributed by atoms with Gasteiger partial charge in [0.15, 0.2) is 5.65 Å². The molecule has 1 aliphatic heterocycles. The molecule has 1 fully saturated rings. The third-order valence-electron chi connectivity index (χ3n) is 4.21. The van der Waals surface area contributed by atoms with Gasteiger partial charge in [-0.2, -0.15) is 4.52 Å². The number of rotatable bonds is 2. The minimum Gasteiger partial charge on any atom is -0.384 e. The van der Waals surface area contributed by atoms with E-state index in [1.54, 1.807) is 10.7 Å². The molecule has 0 bridgehead atoms. The van der Waals surface area contributed by atoms with E-state index in [2.05, 4.69) is 31.9 Å². The van der Waals surface area contributed by atoms with Crippen LogP contribution in [0.25, 0.3) is 17.2 Å². The van der Waals surface area contributed by atoms with E-state index in [1.165, 1.54) is 0 Å². The Labute approximate surface area is 134 Å². The van der Waals surface area contributed by atoms with E-state index in [0.717, 1.165) is 43.2 Å². The van der Waals surface area contributed by atoms with Gasteiger partial charge in [0.1, 0.15) is 11.5 Å². The minimum atomic E-state index is 0.589. The molecule has 118 valence electrons. The number of hydrogen-bond donors (Lipinski definition) is 1. The minimum absolute atomic E-state index is 0.589. The zero-order valence-electron chi connectivity index (χ0n) is 13.1. The van der Waals surface area contributed by atoms with Crippen molar-refractivity contribution in [3.63, 3.8) is 0 Å². The fraction of sp³-hybridized carbons (Fsp3) is 0.312. The molecule has 7 heteroatoms. The Balaban J connectivity index is 1.73. The third kappa shape index (κ3) is 2.59. The molecular weight excluding hydrogens is 290 g/mol. The smallest absolute Gasteiger partial charge is 0.200 e. The molecular formula is C16H19N7. The number of nitrogen functional groups attached to an aromatic ring is 1. The number of piperazine rings is 1. The maximum Gasteiger partial charge on any atom is 0.200 e. The molecule has 2 N–H and O–H groups in total. The molecule has 1 aliphatic rings. The first kappa shape index (κ1) is 14.0. The van der Waals surface area contributed by atoms with Gasteiger partial charge in [0.25, 0.3) is 0 Å². The lowest BCUT2D eigenvalue weighted by Crippen LogP contribution is -2.44. The Morgan fingerprint density at radius 3 is 2.65 bits per heavy atom. The average molecular weight is 309 g/mol. The van der Waals surface area contributed by atoms with Crippen molar-refractivity contribution in [1.82, 2.24) is 24.5 Å². The van der Waals surface area contributed by atoms with Crippen molar-refractivity contribution in [1.29, 1.82) is 0 Å². The average Bonchev–Trinajstić information content (AvgIpc) is 3.01. The van der Waals surface area contributed by atoms with Crippen LogP contribution in [0.2, 0.25) is 0 Å². The van der Waals surface area contributed by atoms with E-state index in [9.17, 15) is 0 Å². The Kier molecular flexibility index (Phi) is 3.34. The van der Waals surface area contributed by atoms with Gasteiger partial charge in [-0.05, 0) is 19.2 Å². The molecule has 0 radical (unpaired) electrons. The van der Waals surface area contributed by atoms with Crippen molar-refractivity contribution in [2.75, 3.05) is 43.9 Å². The number of hydrogen-bond acceptors (Lipinski definition) is 6. The summed E-state index contributed by atoms with van der Waals surface area (Å²) in [5.41, 5.74) is 8.78. The number of anilines is 2. The predicted octanol–water partition coefficient (Wildman–Crippen LogP) is 1.13. The quantitative estimate of drug-likeness (QED) is 0.765. The number of aromatic nitrogens is 4. The monoisotopic (exact) mass is 309 g/mol. The number of nitrogens with two attached hydrogens (primary N) is 1. The predicted molar refractivity (Wildman–Crippen MR) is 90.3 cm³/mol. The van der Waals surface area contributed by atoms with Gasteiger partial charge >= 0.3 is 0 Å². The summed E-state index contributed by atoms with van der Waals surface area (Å²) in [5, 5.41) is 4.47. The van der Waals surface area contributed by atoms with Crippen LogP contribution in [0.1, 0.15) is 0 Å². The summed E-state index contributed by atoms with van der Waals surface area (Å²) in [4.78, 5) is 13.6. The fourth-order valence-electron chi connectivity index (χ4n) is 2.84. The van der Waals surface area contributed by atoms with Crippen LogP contribution in [0.3, 0.4) is 0 Å². The molecule has 7 nitrogen and oxygen atoms in total. The standard InChI is InChI=1S/C16H19N7/c1-21-6-8-22(9-7-21)12-10-14(17)23-15(11-12)19-16(20-23)13-4-2-3-5-18-13/h2-5,10-11H,6-9,17H2,1H3. The lowest BCUT2D eigenvalue weighted by Gasteiger charge is -2.34. The van der Waals surface area contributed by atoms with Crippen LogP contribution in [0.15, 0.2) is 36.5 Å². The van der Waals surface area contributed by atoms with Crippen LogP contribution in [0.5, 0.6) is 0 Å². The van der Waals surface area contributed by atoms with Crippen LogP contribution < -0.4 is 10.6 Å². The highest BCUT2D eigenvalue weighted by Crippen LogP contribution is 2.23. The third-order valence-corrected chi connectivity index (χ3v) is 4.21. The topological polar surface area (TPSA) is 75.6 Å². The first-order valence-corrected chi connectivity index (χ1v) is 7.72. The second-order valence-corrected chi connectivity index (χ2v) is 5.85. The lowest BCUT2D eigenvalue weighted by molar-refractivity contribution is 0.313. The van der Waals surface area contributed by atoms with Crippen molar-refractivity contribution in [3.05, 3.63) is 36.5 Å². The van der Waals surface area contributed by atoms with Crippen molar-refractivity contribution in [2.24, 2.45) is 0 Å². The molecule has 0 unspecified atom stereocenters. The maximum atomic E-state index is 6.19. The fourth-order valence-corrected chi connectivity index (χ4v) is 2.84. The molecule has 0 aliphatic carbocycles. The first-order valence-electron chi connectivity index (χ1n) is 7.72. The Morgan fingerprint density at radius 1 is 1.09 bits per heavy atom. The molecule has 3 aromatic heterocycles. The van der Waals surface area contributed by atoms with E-state index in [1.807, 2.05) is 30.3 Å². The number of fused-ring (bicyclic) bond motifs is 1. The van der Waals surface area contributed by atoms with E-state index in [-0.39, 0.29) is 0 Å². The summed E-state index contributed by atoms with van der Waals surface area (Å²) in [5.74, 6) is 1.18. The van der Waals surface area contributed by atoms with Crippen LogP contribution in [-0.4, -0.2) is 57.7 Å². The highest BCUT2D eigenvalue weighted by Gasteiger charge is 2.17. The zero-order chi connectivity index (χ0) is 15.8. The van der Waals surface area contributed by atoms with Crippen molar-refractivity contribution >= 4 is 17.2 Å². The first-order chi connectivity index (χ1) is 11.2. The van der Waals surface area contributed by atoms with Crippen LogP contribution in [0.4, 0.5) is 11.5 Å². The molecule has 4 rings (SSSR count). The van der Waals surface area contributed by atoms with Gasteiger partial charge in [-0.3, -0.25) is 4.98 Å². The van der Waals surface area contributed by atoms with Crippen LogP contribution in [0, 0.1) is 0 Å². The molecule has 0 saturated carbocycles. The van der Waals surface area contributed by atoms with Gasteiger partial charge < -0.3 is 15.5 Å². The maximum absolute atomic E-state index is 6.19. The van der Waals surface area contributed by atoms with Gasteiger partial charge in [-0.1, -0.05) is 6.07 Å². The number of likely N-dealkylation sites (N-methyl/N-ethyl adjacent to an activating group) is 1. The summed E-state index contributed by atoms with van der Waals surface area (Å²) in [7, 11) is 2.15. The highest BCUT2D eigenvalue weighted by molar-refractivity contribution is 5.65. The van der Waals surface area contributed by atoms with E-state index in [4.69, 9.17) is 5.73 Å². The molecule has 4 heterocycles. The SMILES string of the molecule is CN1CCN(c2cc(N)n3nc(-c4ccccn4)nc3c2)CC1. The van der Waals surface area contributed by atoms with Crippen molar-refractivity contribution < 1.29 is 0 Å². The summed E-state index contributed by atoms with van der Waals surface area (Å²) in [6.45, 7) is 4.09. The molecule has 0 aromatic carbocycles. The molecule has 0 atom stereocenters. The van der Waals surface area contributed by atoms with Crippen LogP contribution in [-0.2, 0) is 0 Å². The molecule has 23 heavy (non-hydrogen) atoms. The second kappa shape index (κ2) is 5.51.